The van der Waals surface area contributed by atoms with Crippen molar-refractivity contribution in [2.45, 2.75) is 373 Å². The van der Waals surface area contributed by atoms with Gasteiger partial charge < -0.3 is 28.8 Å². The van der Waals surface area contributed by atoms with Crippen LogP contribution in [0.3, 0.4) is 0 Å². The van der Waals surface area contributed by atoms with Gasteiger partial charge in [0.25, 0.3) is 0 Å². The summed E-state index contributed by atoms with van der Waals surface area (Å²) in [7, 11) is 0. The lowest BCUT2D eigenvalue weighted by Gasteiger charge is -2.34. The number of rotatable bonds is 36. The Hall–Kier alpha value is -7.44. The molecule has 8 aromatic carbocycles. The van der Waals surface area contributed by atoms with E-state index in [0.717, 1.165) is 117 Å². The molecular weight excluding hydrogens is 1400 g/mol. The van der Waals surface area contributed by atoms with Gasteiger partial charge in [0, 0.05) is 50.2 Å². The third-order valence-corrected chi connectivity index (χ3v) is 24.8. The molecule has 0 bridgehead atoms. The first-order valence-corrected chi connectivity index (χ1v) is 45.4. The molecule has 115 heavy (non-hydrogen) atoms. The van der Waals surface area contributed by atoms with Crippen molar-refractivity contribution in [3.8, 4) is 56.6 Å². The number of aryl methyl sites for hydroxylation is 4. The van der Waals surface area contributed by atoms with Crippen molar-refractivity contribution in [1.29, 1.82) is 0 Å². The standard InChI is InChI=1S/C109H154N2O4/c1-27-29-31-33-35-37-39-41-43-45-48-76-60-74(3)100(90(62-76)88-64-82(108(23,24)72-102(5,6)7)70-96(98(88)112)110-92-66-78(104(11,12)13)50-54-84(92)85-55-51-79(67-93(85)110)105(14,15)16)114-58-47-59-115-101-75(4)61-77(49-46-44-42-40-38-36-34-32-30-28-2)63-91(101)89-65-83(109(25,26)73-103(8,9)10)71-97(99(89)113)111-94-68-80(106(17,18)19)52-56-86(94)87-57-53-81(69-95(87)111)107(20,21)22/h50-57,60-71,112-113H,27-49,58-59,72-73H2,1-26H3. The first-order chi connectivity index (χ1) is 53.9. The highest BCUT2D eigenvalue weighted by Gasteiger charge is 2.35. The van der Waals surface area contributed by atoms with Gasteiger partial charge in [0.2, 0.25) is 0 Å². The number of nitrogens with zero attached hydrogens (tertiary/aromatic N) is 2. The zero-order valence-electron chi connectivity index (χ0n) is 77.2. The van der Waals surface area contributed by atoms with Gasteiger partial charge in [-0.2, -0.15) is 0 Å². The molecule has 0 unspecified atom stereocenters. The third kappa shape index (κ3) is 22.3. The molecule has 0 saturated carbocycles. The van der Waals surface area contributed by atoms with Crippen molar-refractivity contribution in [2.75, 3.05) is 13.2 Å². The summed E-state index contributed by atoms with van der Waals surface area (Å²) in [6.07, 6.45) is 30.0. The lowest BCUT2D eigenvalue weighted by atomic mass is 9.71. The molecule has 10 aromatic rings. The highest BCUT2D eigenvalue weighted by Crippen LogP contribution is 2.52. The number of hydrogen-bond donors (Lipinski definition) is 2. The van der Waals surface area contributed by atoms with Crippen LogP contribution in [0.15, 0.2) is 121 Å². The molecule has 624 valence electrons. The van der Waals surface area contributed by atoms with Gasteiger partial charge in [0.1, 0.15) is 23.0 Å². The Labute approximate surface area is 698 Å². The van der Waals surface area contributed by atoms with Crippen LogP contribution >= 0.6 is 0 Å². The Bertz CT molecular complexity index is 4500. The van der Waals surface area contributed by atoms with Gasteiger partial charge >= 0.3 is 0 Å². The van der Waals surface area contributed by atoms with Gasteiger partial charge in [-0.1, -0.05) is 342 Å². The third-order valence-electron chi connectivity index (χ3n) is 24.8. The van der Waals surface area contributed by atoms with Crippen molar-refractivity contribution in [3.63, 3.8) is 0 Å². The predicted molar refractivity (Wildman–Crippen MR) is 501 cm³/mol. The maximum absolute atomic E-state index is 13.9. The first-order valence-electron chi connectivity index (χ1n) is 45.4. The molecule has 0 aliphatic carbocycles. The fraction of sp³-hybridized carbons (Fsp3) is 0.560. The summed E-state index contributed by atoms with van der Waals surface area (Å²) in [6.45, 7) is 61.0. The van der Waals surface area contributed by atoms with Gasteiger partial charge in [-0.25, -0.2) is 0 Å². The maximum atomic E-state index is 13.9. The smallest absolute Gasteiger partial charge is 0.147 e. The normalized spacial score (nSPS) is 13.1. The minimum absolute atomic E-state index is 0.0186. The second-order valence-electron chi connectivity index (χ2n) is 43.1. The summed E-state index contributed by atoms with van der Waals surface area (Å²) in [5, 5.41) is 32.4. The van der Waals surface area contributed by atoms with E-state index in [0.29, 0.717) is 19.6 Å². The van der Waals surface area contributed by atoms with E-state index in [1.165, 1.54) is 182 Å². The van der Waals surface area contributed by atoms with Crippen LogP contribution in [0, 0.1) is 24.7 Å². The molecule has 0 radical (unpaired) electrons. The van der Waals surface area contributed by atoms with Crippen LogP contribution in [0.5, 0.6) is 23.0 Å². The van der Waals surface area contributed by atoms with Gasteiger partial charge in [-0.05, 0) is 212 Å². The van der Waals surface area contributed by atoms with Gasteiger partial charge in [0.05, 0.1) is 46.7 Å². The Morgan fingerprint density at radius 2 is 0.557 bits per heavy atom. The SMILES string of the molecule is CCCCCCCCCCCCc1cc(C)c(OCCCOc2c(C)cc(CCCCCCCCCCCC)cc2-c2cc(C(C)(C)CC(C)(C)C)cc(-n3c4cc(C(C)(C)C)ccc4c4ccc(C(C)(C)C)cc43)c2O)c(-c2cc(C(C)(C)CC(C)(C)C)cc(-n3c4cc(C(C)(C)C)ccc4c4ccc(C(C)(C)C)cc43)c2O)c1. The molecule has 0 spiro atoms. The molecule has 2 N–H and O–H groups in total. The monoisotopic (exact) mass is 1560 g/mol. The van der Waals surface area contributed by atoms with Crippen molar-refractivity contribution < 1.29 is 19.7 Å². The zero-order chi connectivity index (χ0) is 84.0. The van der Waals surface area contributed by atoms with Crippen LogP contribution in [-0.4, -0.2) is 32.6 Å². The molecule has 0 aliphatic heterocycles. The highest BCUT2D eigenvalue weighted by molar-refractivity contribution is 6.11. The largest absolute Gasteiger partial charge is 0.505 e. The molecular formula is C109H154N2O4. The topological polar surface area (TPSA) is 68.8 Å². The van der Waals surface area contributed by atoms with Gasteiger partial charge in [-0.15, -0.1) is 0 Å². The van der Waals surface area contributed by atoms with E-state index in [1.807, 2.05) is 0 Å². The maximum Gasteiger partial charge on any atom is 0.147 e. The van der Waals surface area contributed by atoms with E-state index >= 15 is 0 Å². The number of fused-ring (bicyclic) bond motifs is 6. The number of unbranched alkanes of at least 4 members (excludes halogenated alkanes) is 18. The molecule has 0 aliphatic rings. The molecule has 2 aromatic heterocycles. The summed E-state index contributed by atoms with van der Waals surface area (Å²) in [5.74, 6) is 2.08. The highest BCUT2D eigenvalue weighted by atomic mass is 16.5. The molecule has 2 heterocycles. The summed E-state index contributed by atoms with van der Waals surface area (Å²) < 4.78 is 19.5. The number of aromatic nitrogens is 2. The second-order valence-corrected chi connectivity index (χ2v) is 43.1. The Morgan fingerprint density at radius 3 is 0.817 bits per heavy atom. The average molecular weight is 1560 g/mol. The number of aromatic hydroxyl groups is 2. The predicted octanol–water partition coefficient (Wildman–Crippen LogP) is 32.6. The van der Waals surface area contributed by atoms with E-state index in [1.54, 1.807) is 0 Å². The van der Waals surface area contributed by atoms with E-state index in [-0.39, 0.29) is 54.8 Å². The first kappa shape index (κ1) is 89.9. The van der Waals surface area contributed by atoms with Crippen molar-refractivity contribution in [1.82, 2.24) is 9.13 Å². The molecule has 10 rings (SSSR count). The lowest BCUT2D eigenvalue weighted by molar-refractivity contribution is 0.246. The summed E-state index contributed by atoms with van der Waals surface area (Å²) in [5.41, 5.74) is 20.4. The zero-order valence-corrected chi connectivity index (χ0v) is 77.2. The minimum Gasteiger partial charge on any atom is -0.505 e. The van der Waals surface area contributed by atoms with E-state index in [2.05, 4.69) is 310 Å². The van der Waals surface area contributed by atoms with E-state index in [9.17, 15) is 10.2 Å². The summed E-state index contributed by atoms with van der Waals surface area (Å²) >= 11 is 0. The van der Waals surface area contributed by atoms with Crippen LogP contribution in [0.2, 0.25) is 0 Å². The van der Waals surface area contributed by atoms with Crippen LogP contribution in [0.25, 0.3) is 77.2 Å². The molecule has 0 atom stereocenters. The van der Waals surface area contributed by atoms with Crippen LogP contribution in [0.4, 0.5) is 0 Å². The minimum atomic E-state index is -0.288. The van der Waals surface area contributed by atoms with Gasteiger partial charge in [-0.3, -0.25) is 0 Å². The van der Waals surface area contributed by atoms with Crippen molar-refractivity contribution in [2.24, 2.45) is 10.8 Å². The van der Waals surface area contributed by atoms with E-state index < -0.39 is 0 Å². The van der Waals surface area contributed by atoms with E-state index in [4.69, 9.17) is 9.47 Å². The van der Waals surface area contributed by atoms with Gasteiger partial charge in [0.15, 0.2) is 0 Å². The number of hydrogen-bond acceptors (Lipinski definition) is 4. The average Bonchev–Trinajstić information content (AvgIpc) is 1.57. The summed E-state index contributed by atoms with van der Waals surface area (Å²) in [4.78, 5) is 0. The quantitative estimate of drug-likeness (QED) is 0.0384. The van der Waals surface area contributed by atoms with Crippen LogP contribution < -0.4 is 9.47 Å². The number of phenolic OH excluding ortho intramolecular Hbond substituents is 2. The number of ether oxygens (including phenoxy) is 2. The van der Waals surface area contributed by atoms with Crippen molar-refractivity contribution in [3.05, 3.63) is 177 Å². The molecule has 6 heteroatoms. The van der Waals surface area contributed by atoms with Crippen molar-refractivity contribution >= 4 is 43.6 Å². The van der Waals surface area contributed by atoms with Crippen LogP contribution in [0.1, 0.15) is 369 Å². The van der Waals surface area contributed by atoms with Crippen LogP contribution in [-0.2, 0) is 45.3 Å². The lowest BCUT2D eigenvalue weighted by Crippen LogP contribution is -2.25. The number of phenols is 2. The molecule has 0 amide bonds. The number of benzene rings is 8. The molecule has 0 fully saturated rings. The fourth-order valence-electron chi connectivity index (χ4n) is 18.9. The Kier molecular flexibility index (Phi) is 28.8. The molecule has 6 nitrogen and oxygen atoms in total. The Balaban J connectivity index is 1.10. The summed E-state index contributed by atoms with van der Waals surface area (Å²) in [6, 6.07) is 46.7. The Morgan fingerprint density at radius 1 is 0.287 bits per heavy atom. The second kappa shape index (κ2) is 36.8. The molecule has 0 saturated heterocycles. The fourth-order valence-corrected chi connectivity index (χ4v) is 18.9.